The fourth-order valence-corrected chi connectivity index (χ4v) is 2.15. The average molecular weight is 372 g/mol. The third-order valence-corrected chi connectivity index (χ3v) is 3.50. The second-order valence-electron chi connectivity index (χ2n) is 5.58. The topological polar surface area (TPSA) is 126 Å². The van der Waals surface area contributed by atoms with Crippen LogP contribution in [0.4, 0.5) is 11.4 Å². The summed E-state index contributed by atoms with van der Waals surface area (Å²) in [5.41, 5.74) is 3.98. The number of hydrogen-bond donors (Lipinski definition) is 3. The second-order valence-corrected chi connectivity index (χ2v) is 5.58. The summed E-state index contributed by atoms with van der Waals surface area (Å²) in [7, 11) is 0. The molecule has 0 radical (unpaired) electrons. The van der Waals surface area contributed by atoms with Gasteiger partial charge in [-0.1, -0.05) is 17.7 Å². The zero-order chi connectivity index (χ0) is 19.8. The molecule has 0 heterocycles. The molecule has 0 spiro atoms. The number of carbonyl (C=O) groups excluding carboxylic acids is 1. The summed E-state index contributed by atoms with van der Waals surface area (Å²) in [4.78, 5) is 22.2. The Balaban J connectivity index is 2.00. The molecular formula is C18H20N4O5. The Kier molecular flexibility index (Phi) is 6.70. The predicted molar refractivity (Wildman–Crippen MR) is 101 cm³/mol. The molecule has 2 aromatic rings. The molecule has 0 aromatic heterocycles. The number of nitro benzene ring substituents is 1. The van der Waals surface area contributed by atoms with Gasteiger partial charge in [0.25, 0.3) is 11.6 Å². The van der Waals surface area contributed by atoms with Gasteiger partial charge >= 0.3 is 0 Å². The lowest BCUT2D eigenvalue weighted by Crippen LogP contribution is -2.25. The summed E-state index contributed by atoms with van der Waals surface area (Å²) in [6.45, 7) is 3.87. The Labute approximate surface area is 155 Å². The van der Waals surface area contributed by atoms with E-state index in [9.17, 15) is 20.0 Å². The van der Waals surface area contributed by atoms with Crippen molar-refractivity contribution < 1.29 is 19.6 Å². The van der Waals surface area contributed by atoms with Gasteiger partial charge in [-0.05, 0) is 26.0 Å². The van der Waals surface area contributed by atoms with Gasteiger partial charge in [-0.25, -0.2) is 5.43 Å². The predicted octanol–water partition coefficient (Wildman–Crippen LogP) is 2.57. The second kappa shape index (κ2) is 9.18. The molecule has 0 saturated heterocycles. The molecule has 9 nitrogen and oxygen atoms in total. The molecule has 0 atom stereocenters. The van der Waals surface area contributed by atoms with Crippen molar-refractivity contribution in [3.63, 3.8) is 0 Å². The van der Waals surface area contributed by atoms with E-state index in [1.54, 1.807) is 6.92 Å². The number of amides is 1. The molecule has 0 bridgehead atoms. The minimum Gasteiger partial charge on any atom is -0.504 e. The lowest BCUT2D eigenvalue weighted by Gasteiger charge is -2.08. The zero-order valence-corrected chi connectivity index (χ0v) is 14.9. The normalized spacial score (nSPS) is 10.6. The van der Waals surface area contributed by atoms with Crippen LogP contribution in [0.15, 0.2) is 41.5 Å². The van der Waals surface area contributed by atoms with E-state index in [4.69, 9.17) is 4.74 Å². The van der Waals surface area contributed by atoms with Gasteiger partial charge < -0.3 is 15.2 Å². The number of aromatic hydroxyl groups is 1. The number of nitrogens with zero attached hydrogens (tertiary/aromatic N) is 2. The Hall–Kier alpha value is -3.62. The van der Waals surface area contributed by atoms with E-state index in [1.165, 1.54) is 0 Å². The Morgan fingerprint density at radius 2 is 2.04 bits per heavy atom. The molecular weight excluding hydrogens is 352 g/mol. The van der Waals surface area contributed by atoms with Gasteiger partial charge in [0.2, 0.25) is 0 Å². The van der Waals surface area contributed by atoms with Crippen molar-refractivity contribution in [2.75, 3.05) is 18.5 Å². The van der Waals surface area contributed by atoms with Gasteiger partial charge in [0.1, 0.15) is 0 Å². The van der Waals surface area contributed by atoms with Crippen LogP contribution in [0.5, 0.6) is 11.5 Å². The lowest BCUT2D eigenvalue weighted by molar-refractivity contribution is -0.385. The average Bonchev–Trinajstić information content (AvgIpc) is 2.64. The summed E-state index contributed by atoms with van der Waals surface area (Å²) >= 11 is 0. The van der Waals surface area contributed by atoms with Crippen LogP contribution in [0.2, 0.25) is 0 Å². The molecule has 0 aliphatic rings. The van der Waals surface area contributed by atoms with Crippen molar-refractivity contribution in [1.82, 2.24) is 5.43 Å². The molecule has 0 aliphatic heterocycles. The van der Waals surface area contributed by atoms with Crippen LogP contribution in [0.1, 0.15) is 18.1 Å². The largest absolute Gasteiger partial charge is 0.504 e. The SMILES string of the molecule is CCOc1cc([N+](=O)[O-])cc(/C=N\NC(=O)CNc2ccc(C)cc2)c1O. The highest BCUT2D eigenvalue weighted by molar-refractivity contribution is 5.88. The van der Waals surface area contributed by atoms with Crippen LogP contribution >= 0.6 is 0 Å². The molecule has 27 heavy (non-hydrogen) atoms. The fraction of sp³-hybridized carbons (Fsp3) is 0.222. The minimum atomic E-state index is -0.608. The molecule has 9 heteroatoms. The summed E-state index contributed by atoms with van der Waals surface area (Å²) < 4.78 is 5.18. The fourth-order valence-electron chi connectivity index (χ4n) is 2.15. The van der Waals surface area contributed by atoms with Gasteiger partial charge in [0, 0.05) is 17.3 Å². The number of non-ortho nitro benzene ring substituents is 1. The Morgan fingerprint density at radius 1 is 1.33 bits per heavy atom. The van der Waals surface area contributed by atoms with Crippen LogP contribution in [0.25, 0.3) is 0 Å². The first-order valence-corrected chi connectivity index (χ1v) is 8.17. The number of phenolic OH excluding ortho intramolecular Hbond substituents is 1. The number of aryl methyl sites for hydroxylation is 1. The van der Waals surface area contributed by atoms with E-state index < -0.39 is 10.8 Å². The minimum absolute atomic E-state index is 0.00842. The van der Waals surface area contributed by atoms with E-state index in [-0.39, 0.29) is 35.9 Å². The van der Waals surface area contributed by atoms with E-state index in [2.05, 4.69) is 15.8 Å². The first-order valence-electron chi connectivity index (χ1n) is 8.17. The summed E-state index contributed by atoms with van der Waals surface area (Å²) in [5.74, 6) is -0.736. The molecule has 1 amide bonds. The molecule has 3 N–H and O–H groups in total. The molecule has 0 saturated carbocycles. The number of rotatable bonds is 8. The highest BCUT2D eigenvalue weighted by Gasteiger charge is 2.16. The van der Waals surface area contributed by atoms with Crippen LogP contribution in [0, 0.1) is 17.0 Å². The summed E-state index contributed by atoms with van der Waals surface area (Å²) in [6.07, 6.45) is 1.12. The van der Waals surface area contributed by atoms with Gasteiger partial charge in [0.05, 0.1) is 30.4 Å². The monoisotopic (exact) mass is 372 g/mol. The summed E-state index contributed by atoms with van der Waals surface area (Å²) in [5, 5.41) is 27.8. The van der Waals surface area contributed by atoms with Crippen molar-refractivity contribution in [1.29, 1.82) is 0 Å². The first kappa shape index (κ1) is 19.7. The maximum Gasteiger partial charge on any atom is 0.274 e. The zero-order valence-electron chi connectivity index (χ0n) is 14.9. The molecule has 2 aromatic carbocycles. The van der Waals surface area contributed by atoms with Crippen molar-refractivity contribution in [3.8, 4) is 11.5 Å². The lowest BCUT2D eigenvalue weighted by atomic mass is 10.1. The van der Waals surface area contributed by atoms with Crippen LogP contribution in [0.3, 0.4) is 0 Å². The first-order chi connectivity index (χ1) is 12.9. The van der Waals surface area contributed by atoms with Crippen LogP contribution < -0.4 is 15.5 Å². The number of carbonyl (C=O) groups is 1. The molecule has 0 fully saturated rings. The number of hydrogen-bond acceptors (Lipinski definition) is 7. The number of ether oxygens (including phenoxy) is 1. The molecule has 0 unspecified atom stereocenters. The maximum absolute atomic E-state index is 11.8. The Bertz CT molecular complexity index is 850. The van der Waals surface area contributed by atoms with E-state index in [1.807, 2.05) is 31.2 Å². The third-order valence-electron chi connectivity index (χ3n) is 3.50. The number of benzene rings is 2. The maximum atomic E-state index is 11.8. The number of anilines is 1. The molecule has 2 rings (SSSR count). The number of nitrogens with one attached hydrogen (secondary N) is 2. The van der Waals surface area contributed by atoms with Gasteiger partial charge in [-0.3, -0.25) is 14.9 Å². The van der Waals surface area contributed by atoms with Gasteiger partial charge in [-0.15, -0.1) is 0 Å². The van der Waals surface area contributed by atoms with Gasteiger partial charge in [0.15, 0.2) is 11.5 Å². The molecule has 142 valence electrons. The standard InChI is InChI=1S/C18H20N4O5/c1-3-27-16-9-15(22(25)26)8-13(18(16)24)10-20-21-17(23)11-19-14-6-4-12(2)5-7-14/h4-10,19,24H,3,11H2,1-2H3,(H,21,23)/b20-10-. The van der Waals surface area contributed by atoms with Crippen LogP contribution in [-0.4, -0.2) is 35.3 Å². The Morgan fingerprint density at radius 3 is 2.67 bits per heavy atom. The van der Waals surface area contributed by atoms with Crippen molar-refractivity contribution in [2.45, 2.75) is 13.8 Å². The van der Waals surface area contributed by atoms with Crippen LogP contribution in [-0.2, 0) is 4.79 Å². The third kappa shape index (κ3) is 5.70. The number of hydrazone groups is 1. The van der Waals surface area contributed by atoms with Crippen molar-refractivity contribution in [3.05, 3.63) is 57.6 Å². The number of phenols is 1. The van der Waals surface area contributed by atoms with Gasteiger partial charge in [-0.2, -0.15) is 5.10 Å². The van der Waals surface area contributed by atoms with E-state index in [0.717, 1.165) is 29.6 Å². The van der Waals surface area contributed by atoms with E-state index in [0.29, 0.717) is 0 Å². The smallest absolute Gasteiger partial charge is 0.274 e. The van der Waals surface area contributed by atoms with Crippen molar-refractivity contribution >= 4 is 23.5 Å². The molecule has 0 aliphatic carbocycles. The number of nitro groups is 1. The quantitative estimate of drug-likeness (QED) is 0.371. The summed E-state index contributed by atoms with van der Waals surface area (Å²) in [6, 6.07) is 9.79. The van der Waals surface area contributed by atoms with Crippen molar-refractivity contribution in [2.24, 2.45) is 5.10 Å². The highest BCUT2D eigenvalue weighted by atomic mass is 16.6. The highest BCUT2D eigenvalue weighted by Crippen LogP contribution is 2.33. The van der Waals surface area contributed by atoms with E-state index >= 15 is 0 Å².